The number of amides is 1. The summed E-state index contributed by atoms with van der Waals surface area (Å²) in [6.07, 6.45) is 3.43. The quantitative estimate of drug-likeness (QED) is 0.827. The van der Waals surface area contributed by atoms with Crippen LogP contribution < -0.4 is 5.32 Å². The van der Waals surface area contributed by atoms with Crippen molar-refractivity contribution in [2.45, 2.75) is 13.8 Å². The molecule has 1 aromatic heterocycles. The fourth-order valence-corrected chi connectivity index (χ4v) is 2.41. The molecule has 1 aromatic carbocycles. The summed E-state index contributed by atoms with van der Waals surface area (Å²) in [6.45, 7) is 4.01. The topological polar surface area (TPSA) is 29.1 Å². The lowest BCUT2D eigenvalue weighted by Crippen LogP contribution is -2.08. The molecule has 0 unspecified atom stereocenters. The summed E-state index contributed by atoms with van der Waals surface area (Å²) in [5.74, 6) is -0.0999. The summed E-state index contributed by atoms with van der Waals surface area (Å²) in [4.78, 5) is 12.9. The third-order valence-electron chi connectivity index (χ3n) is 2.69. The minimum absolute atomic E-state index is 0.0999. The molecular weight excluding hydrogens is 242 g/mol. The molecule has 2 rings (SSSR count). The van der Waals surface area contributed by atoms with Gasteiger partial charge in [0, 0.05) is 16.6 Å². The number of hydrogen-bond donors (Lipinski definition) is 1. The molecule has 1 N–H and O–H groups in total. The van der Waals surface area contributed by atoms with E-state index in [9.17, 15) is 4.79 Å². The number of aryl methyl sites for hydroxylation is 2. The number of anilines is 1. The van der Waals surface area contributed by atoms with Gasteiger partial charge >= 0.3 is 0 Å². The molecule has 0 saturated heterocycles. The minimum Gasteiger partial charge on any atom is -0.322 e. The van der Waals surface area contributed by atoms with E-state index in [1.165, 1.54) is 5.56 Å². The van der Waals surface area contributed by atoms with Crippen LogP contribution in [0.2, 0.25) is 0 Å². The maximum Gasteiger partial charge on any atom is 0.248 e. The molecule has 0 aliphatic heterocycles. The van der Waals surface area contributed by atoms with Crippen molar-refractivity contribution in [3.05, 3.63) is 57.8 Å². The highest BCUT2D eigenvalue weighted by atomic mass is 32.1. The number of nitrogens with one attached hydrogen (secondary N) is 1. The van der Waals surface area contributed by atoms with Gasteiger partial charge in [-0.3, -0.25) is 4.79 Å². The second-order valence-electron chi connectivity index (χ2n) is 4.11. The SMILES string of the molecule is Cc1ccccc1NC(=O)/C=C/c1sccc1C. The van der Waals surface area contributed by atoms with E-state index in [0.717, 1.165) is 16.1 Å². The Morgan fingerprint density at radius 1 is 1.17 bits per heavy atom. The van der Waals surface area contributed by atoms with Crippen molar-refractivity contribution in [2.75, 3.05) is 5.32 Å². The number of benzene rings is 1. The summed E-state index contributed by atoms with van der Waals surface area (Å²) in [7, 11) is 0. The van der Waals surface area contributed by atoms with Crippen LogP contribution in [-0.2, 0) is 4.79 Å². The number of para-hydroxylation sites is 1. The number of rotatable bonds is 3. The van der Waals surface area contributed by atoms with Gasteiger partial charge in [-0.15, -0.1) is 11.3 Å². The first-order valence-corrected chi connectivity index (χ1v) is 6.63. The molecule has 3 heteroatoms. The van der Waals surface area contributed by atoms with Gasteiger partial charge in [-0.25, -0.2) is 0 Å². The van der Waals surface area contributed by atoms with Crippen LogP contribution in [0.4, 0.5) is 5.69 Å². The first-order valence-electron chi connectivity index (χ1n) is 5.75. The molecule has 0 radical (unpaired) electrons. The maximum absolute atomic E-state index is 11.8. The number of carbonyl (C=O) groups is 1. The number of thiophene rings is 1. The van der Waals surface area contributed by atoms with E-state index >= 15 is 0 Å². The Morgan fingerprint density at radius 2 is 1.94 bits per heavy atom. The third kappa shape index (κ3) is 3.08. The fourth-order valence-electron chi connectivity index (χ4n) is 1.59. The highest BCUT2D eigenvalue weighted by Gasteiger charge is 2.01. The predicted octanol–water partition coefficient (Wildman–Crippen LogP) is 4.02. The van der Waals surface area contributed by atoms with Crippen molar-refractivity contribution >= 4 is 29.0 Å². The van der Waals surface area contributed by atoms with Crippen molar-refractivity contribution in [3.63, 3.8) is 0 Å². The Bertz CT molecular complexity index is 584. The zero-order valence-electron chi connectivity index (χ0n) is 10.4. The second kappa shape index (κ2) is 5.65. The van der Waals surface area contributed by atoms with Gasteiger partial charge in [-0.2, -0.15) is 0 Å². The lowest BCUT2D eigenvalue weighted by molar-refractivity contribution is -0.111. The van der Waals surface area contributed by atoms with E-state index < -0.39 is 0 Å². The van der Waals surface area contributed by atoms with Crippen LogP contribution in [0.5, 0.6) is 0 Å². The smallest absolute Gasteiger partial charge is 0.248 e. The molecule has 0 aliphatic rings. The fraction of sp³-hybridized carbons (Fsp3) is 0.133. The average Bonchev–Trinajstić information content (AvgIpc) is 2.75. The van der Waals surface area contributed by atoms with Crippen molar-refractivity contribution in [1.82, 2.24) is 0 Å². The monoisotopic (exact) mass is 257 g/mol. The third-order valence-corrected chi connectivity index (χ3v) is 3.67. The Labute approximate surface area is 111 Å². The van der Waals surface area contributed by atoms with Crippen LogP contribution in [0.1, 0.15) is 16.0 Å². The Hall–Kier alpha value is -1.87. The van der Waals surface area contributed by atoms with Crippen molar-refractivity contribution in [2.24, 2.45) is 0 Å². The van der Waals surface area contributed by atoms with Crippen LogP contribution in [-0.4, -0.2) is 5.91 Å². The van der Waals surface area contributed by atoms with Gasteiger partial charge in [0.25, 0.3) is 0 Å². The molecule has 1 heterocycles. The first-order chi connectivity index (χ1) is 8.66. The molecule has 0 atom stereocenters. The molecule has 92 valence electrons. The van der Waals surface area contributed by atoms with Gasteiger partial charge in [-0.05, 0) is 48.6 Å². The van der Waals surface area contributed by atoms with Gasteiger partial charge in [0.05, 0.1) is 0 Å². The van der Waals surface area contributed by atoms with E-state index in [-0.39, 0.29) is 5.91 Å². The number of carbonyl (C=O) groups excluding carboxylic acids is 1. The average molecular weight is 257 g/mol. The Kier molecular flexibility index (Phi) is 3.95. The highest BCUT2D eigenvalue weighted by molar-refractivity contribution is 7.11. The number of hydrogen-bond acceptors (Lipinski definition) is 2. The Balaban J connectivity index is 2.04. The summed E-state index contributed by atoms with van der Waals surface area (Å²) >= 11 is 1.63. The molecule has 0 fully saturated rings. The molecule has 0 bridgehead atoms. The predicted molar refractivity (Wildman–Crippen MR) is 77.9 cm³/mol. The zero-order chi connectivity index (χ0) is 13.0. The van der Waals surface area contributed by atoms with Crippen LogP contribution in [0.25, 0.3) is 6.08 Å². The van der Waals surface area contributed by atoms with E-state index in [0.29, 0.717) is 0 Å². The second-order valence-corrected chi connectivity index (χ2v) is 5.05. The summed E-state index contributed by atoms with van der Waals surface area (Å²) < 4.78 is 0. The van der Waals surface area contributed by atoms with E-state index in [1.807, 2.05) is 55.6 Å². The molecule has 2 aromatic rings. The van der Waals surface area contributed by atoms with Crippen molar-refractivity contribution in [3.8, 4) is 0 Å². The summed E-state index contributed by atoms with van der Waals surface area (Å²) in [5.41, 5.74) is 3.11. The molecule has 2 nitrogen and oxygen atoms in total. The molecular formula is C15H15NOS. The van der Waals surface area contributed by atoms with Gasteiger partial charge in [0.15, 0.2) is 0 Å². The van der Waals surface area contributed by atoms with E-state index in [2.05, 4.69) is 5.32 Å². The van der Waals surface area contributed by atoms with Gasteiger partial charge in [0.2, 0.25) is 5.91 Å². The van der Waals surface area contributed by atoms with Crippen LogP contribution in [0, 0.1) is 13.8 Å². The molecule has 0 aliphatic carbocycles. The standard InChI is InChI=1S/C15H15NOS/c1-11-5-3-4-6-13(11)16-15(17)8-7-14-12(2)9-10-18-14/h3-10H,1-2H3,(H,16,17)/b8-7+. The van der Waals surface area contributed by atoms with Crippen LogP contribution in [0.15, 0.2) is 41.8 Å². The van der Waals surface area contributed by atoms with Crippen LogP contribution >= 0.6 is 11.3 Å². The minimum atomic E-state index is -0.0999. The Morgan fingerprint density at radius 3 is 2.61 bits per heavy atom. The van der Waals surface area contributed by atoms with Gasteiger partial charge < -0.3 is 5.32 Å². The van der Waals surface area contributed by atoms with Gasteiger partial charge in [-0.1, -0.05) is 18.2 Å². The first kappa shape index (κ1) is 12.6. The molecule has 0 saturated carbocycles. The zero-order valence-corrected chi connectivity index (χ0v) is 11.3. The maximum atomic E-state index is 11.8. The van der Waals surface area contributed by atoms with Crippen LogP contribution in [0.3, 0.4) is 0 Å². The molecule has 0 spiro atoms. The lowest BCUT2D eigenvalue weighted by atomic mass is 10.2. The summed E-state index contributed by atoms with van der Waals surface area (Å²) in [6, 6.07) is 9.79. The molecule has 18 heavy (non-hydrogen) atoms. The van der Waals surface area contributed by atoms with Gasteiger partial charge in [0.1, 0.15) is 0 Å². The highest BCUT2D eigenvalue weighted by Crippen LogP contribution is 2.17. The molecule has 1 amide bonds. The van der Waals surface area contributed by atoms with Crippen molar-refractivity contribution in [1.29, 1.82) is 0 Å². The lowest BCUT2D eigenvalue weighted by Gasteiger charge is -2.05. The van der Waals surface area contributed by atoms with E-state index in [1.54, 1.807) is 17.4 Å². The van der Waals surface area contributed by atoms with Crippen molar-refractivity contribution < 1.29 is 4.79 Å². The summed E-state index contributed by atoms with van der Waals surface area (Å²) in [5, 5.41) is 4.89. The normalized spacial score (nSPS) is 10.8. The van der Waals surface area contributed by atoms with E-state index in [4.69, 9.17) is 0 Å². The largest absolute Gasteiger partial charge is 0.322 e.